The Balaban J connectivity index is 0.00000208. The topological polar surface area (TPSA) is 0 Å². The first-order valence-corrected chi connectivity index (χ1v) is 23.8. The fourth-order valence-electron chi connectivity index (χ4n) is 8.97. The minimum Gasteiger partial charge on any atom is -1.00 e. The largest absolute Gasteiger partial charge is 1.00 e. The summed E-state index contributed by atoms with van der Waals surface area (Å²) >= 11 is -2.84. The minimum absolute atomic E-state index is 0. The van der Waals surface area contributed by atoms with Crippen LogP contribution < -0.4 is 24.8 Å². The van der Waals surface area contributed by atoms with Crippen LogP contribution in [-0.4, -0.2) is 0 Å². The summed E-state index contributed by atoms with van der Waals surface area (Å²) in [7, 11) is 0. The van der Waals surface area contributed by atoms with Crippen LogP contribution in [-0.2, 0) is 33.1 Å². The summed E-state index contributed by atoms with van der Waals surface area (Å²) in [6.45, 7) is 9.27. The summed E-state index contributed by atoms with van der Waals surface area (Å²) < 4.78 is 4.45. The van der Waals surface area contributed by atoms with Crippen LogP contribution in [0.2, 0.25) is 8.26 Å². The molecule has 238 valence electrons. The maximum absolute atomic E-state index is 2.84. The van der Waals surface area contributed by atoms with Crippen LogP contribution in [0.15, 0.2) is 96.1 Å². The summed E-state index contributed by atoms with van der Waals surface area (Å²) in [6, 6.07) is 33.3. The number of aryl methyl sites for hydroxylation is 2. The number of hydrogen-bond acceptors (Lipinski definition) is 0. The van der Waals surface area contributed by atoms with Crippen molar-refractivity contribution < 1.29 is 45.1 Å². The Labute approximate surface area is 295 Å². The molecule has 0 spiro atoms. The molecule has 1 saturated heterocycles. The van der Waals surface area contributed by atoms with Gasteiger partial charge in [0.2, 0.25) is 0 Å². The maximum Gasteiger partial charge on any atom is -1.00 e. The molecule has 7 rings (SSSR count). The number of rotatable bonds is 10. The van der Waals surface area contributed by atoms with Crippen molar-refractivity contribution in [2.45, 2.75) is 88.1 Å². The van der Waals surface area contributed by atoms with Gasteiger partial charge in [-0.25, -0.2) is 0 Å². The molecule has 1 heterocycles. The predicted molar refractivity (Wildman–Crippen MR) is 188 cm³/mol. The molecule has 1 aliphatic heterocycles. The molecule has 0 aromatic heterocycles. The smallest absolute Gasteiger partial charge is 1.00 e. The third-order valence-corrected chi connectivity index (χ3v) is 26.5. The van der Waals surface area contributed by atoms with Crippen LogP contribution >= 0.6 is 0 Å². The zero-order valence-electron chi connectivity index (χ0n) is 28.0. The molecule has 1 fully saturated rings. The Morgan fingerprint density at radius 2 is 0.957 bits per heavy atom. The van der Waals surface area contributed by atoms with Gasteiger partial charge in [-0.15, -0.1) is 0 Å². The molecule has 2 unspecified atom stereocenters. The Hall–Kier alpha value is -2.18. The average molecular weight is 727 g/mol. The Morgan fingerprint density at radius 3 is 1.28 bits per heavy atom. The van der Waals surface area contributed by atoms with Gasteiger partial charge in [-0.05, 0) is 0 Å². The molecule has 3 heteroatoms. The summed E-state index contributed by atoms with van der Waals surface area (Å²) in [5, 5.41) is 0. The van der Waals surface area contributed by atoms with Crippen molar-refractivity contribution in [2.75, 3.05) is 0 Å². The van der Waals surface area contributed by atoms with E-state index in [9.17, 15) is 0 Å². The average Bonchev–Trinajstić information content (AvgIpc) is 3.60. The van der Waals surface area contributed by atoms with Crippen molar-refractivity contribution in [1.82, 2.24) is 0 Å². The second kappa shape index (κ2) is 14.9. The quantitative estimate of drug-likeness (QED) is 0.170. The monoisotopic (exact) mass is 724 g/mol. The fourth-order valence-corrected chi connectivity index (χ4v) is 24.5. The summed E-state index contributed by atoms with van der Waals surface area (Å²) in [6.07, 6.45) is 13.9. The summed E-state index contributed by atoms with van der Waals surface area (Å²) in [5.74, 6) is 0. The van der Waals surface area contributed by atoms with Crippen molar-refractivity contribution in [1.29, 1.82) is 0 Å². The van der Waals surface area contributed by atoms with E-state index in [0.29, 0.717) is 7.25 Å². The van der Waals surface area contributed by atoms with Gasteiger partial charge >= 0.3 is 272 Å². The molecule has 3 aliphatic rings. The van der Waals surface area contributed by atoms with Gasteiger partial charge in [0.15, 0.2) is 0 Å². The molecular weight excluding hydrogens is 679 g/mol. The maximum atomic E-state index is 2.67. The van der Waals surface area contributed by atoms with E-state index in [1.54, 1.807) is 22.3 Å². The van der Waals surface area contributed by atoms with Gasteiger partial charge in [-0.1, -0.05) is 0 Å². The molecule has 4 aromatic carbocycles. The van der Waals surface area contributed by atoms with Gasteiger partial charge in [0, 0.05) is 0 Å². The number of halogens is 2. The van der Waals surface area contributed by atoms with Crippen molar-refractivity contribution in [3.8, 4) is 22.3 Å². The molecule has 0 nitrogen and oxygen atoms in total. The van der Waals surface area contributed by atoms with Gasteiger partial charge in [-0.2, -0.15) is 0 Å². The minimum atomic E-state index is -2.84. The van der Waals surface area contributed by atoms with E-state index in [-0.39, 0.29) is 24.8 Å². The number of benzene rings is 4. The van der Waals surface area contributed by atoms with E-state index >= 15 is 0 Å². The van der Waals surface area contributed by atoms with Gasteiger partial charge in [0.05, 0.1) is 0 Å². The second-order valence-electron chi connectivity index (χ2n) is 13.6. The van der Waals surface area contributed by atoms with Gasteiger partial charge < -0.3 is 24.8 Å². The number of fused-ring (bicyclic) bond motifs is 2. The van der Waals surface area contributed by atoms with E-state index in [0.717, 1.165) is 12.8 Å². The third kappa shape index (κ3) is 6.00. The number of hydrogen-bond donors (Lipinski definition) is 0. The molecule has 0 amide bonds. The van der Waals surface area contributed by atoms with Crippen LogP contribution in [0.25, 0.3) is 34.4 Å². The van der Waals surface area contributed by atoms with Gasteiger partial charge in [0.25, 0.3) is 0 Å². The molecule has 0 N–H and O–H groups in total. The van der Waals surface area contributed by atoms with Crippen molar-refractivity contribution in [3.05, 3.63) is 129 Å². The van der Waals surface area contributed by atoms with Crippen LogP contribution in [0.1, 0.15) is 100 Å². The van der Waals surface area contributed by atoms with Crippen molar-refractivity contribution >= 4 is 12.2 Å². The normalized spacial score (nSPS) is 18.1. The van der Waals surface area contributed by atoms with E-state index in [4.69, 9.17) is 0 Å². The van der Waals surface area contributed by atoms with Crippen LogP contribution in [0, 0.1) is 0 Å². The zero-order valence-corrected chi connectivity index (χ0v) is 32.0. The van der Waals surface area contributed by atoms with Crippen LogP contribution in [0.4, 0.5) is 0 Å². The Kier molecular flexibility index (Phi) is 11.4. The molecule has 46 heavy (non-hydrogen) atoms. The molecule has 2 aliphatic carbocycles. The SMILES string of the molecule is CCCC1=Cc2c(-c3ccc(CC)cc3)cccc2[CH]1[Zr+2]1([CH]2C(CCC)=Cc3c(-c4ccc(CC)cc4)cccc32)[CH2]C[CH2]1.[Cl-].[Cl-]. The van der Waals surface area contributed by atoms with Gasteiger partial charge in [-0.3, -0.25) is 0 Å². The molecule has 0 radical (unpaired) electrons. The molecular formula is C43H48Cl2Zr. The number of allylic oxidation sites excluding steroid dienone is 2. The van der Waals surface area contributed by atoms with Crippen molar-refractivity contribution in [3.63, 3.8) is 0 Å². The molecule has 0 saturated carbocycles. The zero-order chi connectivity index (χ0) is 30.3. The fraction of sp³-hybridized carbons (Fsp3) is 0.349. The molecule has 4 aromatic rings. The Bertz CT molecular complexity index is 1600. The second-order valence-corrected chi connectivity index (χ2v) is 25.0. The van der Waals surface area contributed by atoms with E-state index in [1.807, 2.05) is 0 Å². The van der Waals surface area contributed by atoms with Crippen LogP contribution in [0.3, 0.4) is 0 Å². The van der Waals surface area contributed by atoms with Gasteiger partial charge in [0.1, 0.15) is 0 Å². The van der Waals surface area contributed by atoms with E-state index in [2.05, 4.69) is 125 Å². The van der Waals surface area contributed by atoms with Crippen molar-refractivity contribution in [2.24, 2.45) is 0 Å². The van der Waals surface area contributed by atoms with E-state index in [1.165, 1.54) is 84.9 Å². The third-order valence-electron chi connectivity index (χ3n) is 11.2. The summed E-state index contributed by atoms with van der Waals surface area (Å²) in [5.41, 5.74) is 18.4. The van der Waals surface area contributed by atoms with E-state index < -0.39 is 20.3 Å². The van der Waals surface area contributed by atoms with Crippen LogP contribution in [0.5, 0.6) is 0 Å². The summed E-state index contributed by atoms with van der Waals surface area (Å²) in [4.78, 5) is 0. The first-order chi connectivity index (χ1) is 21.6. The first kappa shape index (κ1) is 35.1. The first-order valence-electron chi connectivity index (χ1n) is 17.5. The predicted octanol–water partition coefficient (Wildman–Crippen LogP) is 6.72. The Morgan fingerprint density at radius 1 is 0.543 bits per heavy atom. The molecule has 0 bridgehead atoms. The standard InChI is InChI=1S/2C20H21.C3H6.2ClH.Zr/c2*1-3-6-16-13-18-7-5-8-19(20(18)14-16)17-11-9-15(4-2)10-12-17;1-3-2;;;/h2*5,7-14H,3-4,6H2,1-2H3;1-3H2;2*1H;/q;;;;;+2/p-2. The molecule has 2 atom stereocenters.